The third kappa shape index (κ3) is 5.74. The van der Waals surface area contributed by atoms with Gasteiger partial charge in [0.05, 0.1) is 12.5 Å². The number of nitrogens with one attached hydrogen (secondary N) is 2. The van der Waals surface area contributed by atoms with Gasteiger partial charge in [-0.1, -0.05) is 13.8 Å². The molecule has 3 N–H and O–H groups in total. The fourth-order valence-electron chi connectivity index (χ4n) is 1.93. The Balaban J connectivity index is 2.87. The molecule has 0 spiro atoms. The van der Waals surface area contributed by atoms with Crippen molar-refractivity contribution in [3.05, 3.63) is 29.8 Å². The fraction of sp³-hybridized carbons (Fsp3) is 0.400. The Hall–Kier alpha value is -2.21. The van der Waals surface area contributed by atoms with Gasteiger partial charge in [-0.15, -0.1) is 0 Å². The quantitative estimate of drug-likeness (QED) is 0.664. The molecule has 1 unspecified atom stereocenters. The van der Waals surface area contributed by atoms with Crippen molar-refractivity contribution in [1.82, 2.24) is 5.32 Å². The molecule has 0 heterocycles. The van der Waals surface area contributed by atoms with Crippen LogP contribution in [0.25, 0.3) is 0 Å². The summed E-state index contributed by atoms with van der Waals surface area (Å²) in [6.45, 7) is 5.10. The van der Waals surface area contributed by atoms with Gasteiger partial charge >= 0.3 is 5.97 Å². The van der Waals surface area contributed by atoms with Crippen LogP contribution in [-0.2, 0) is 9.59 Å². The Morgan fingerprint density at radius 2 is 1.71 bits per heavy atom. The summed E-state index contributed by atoms with van der Waals surface area (Å²) in [7, 11) is 0. The van der Waals surface area contributed by atoms with E-state index in [1.165, 1.54) is 6.92 Å². The van der Waals surface area contributed by atoms with E-state index in [1.807, 2.05) is 13.8 Å². The van der Waals surface area contributed by atoms with Crippen molar-refractivity contribution in [3.8, 4) is 0 Å². The van der Waals surface area contributed by atoms with Gasteiger partial charge < -0.3 is 15.7 Å². The lowest BCUT2D eigenvalue weighted by molar-refractivity contribution is -0.137. The SMILES string of the molecule is CC(=O)Nc1ccc(C(=O)C(CC(=O)O)NC(C)C)cc1. The molecule has 0 saturated heterocycles. The number of amides is 1. The number of Topliss-reactive ketones (excluding diaryl/α,β-unsaturated/α-hetero) is 1. The number of carboxylic acid groups (broad SMARTS) is 1. The molecule has 1 amide bonds. The van der Waals surface area contributed by atoms with Crippen LogP contribution >= 0.6 is 0 Å². The number of aliphatic carboxylic acids is 1. The van der Waals surface area contributed by atoms with E-state index in [-0.39, 0.29) is 24.2 Å². The number of hydrogen-bond acceptors (Lipinski definition) is 4. The highest BCUT2D eigenvalue weighted by Crippen LogP contribution is 2.13. The average molecular weight is 292 g/mol. The smallest absolute Gasteiger partial charge is 0.305 e. The number of hydrogen-bond donors (Lipinski definition) is 3. The summed E-state index contributed by atoms with van der Waals surface area (Å²) in [5.74, 6) is -1.50. The topological polar surface area (TPSA) is 95.5 Å². The molecule has 0 aliphatic heterocycles. The van der Waals surface area contributed by atoms with Crippen molar-refractivity contribution in [1.29, 1.82) is 0 Å². The maximum Gasteiger partial charge on any atom is 0.305 e. The van der Waals surface area contributed by atoms with Gasteiger partial charge in [-0.05, 0) is 24.3 Å². The van der Waals surface area contributed by atoms with Crippen LogP contribution in [0.1, 0.15) is 37.6 Å². The predicted octanol–water partition coefficient (Wildman–Crippen LogP) is 1.67. The normalized spacial score (nSPS) is 12.0. The van der Waals surface area contributed by atoms with Crippen molar-refractivity contribution in [2.45, 2.75) is 39.3 Å². The summed E-state index contributed by atoms with van der Waals surface area (Å²) < 4.78 is 0. The first-order chi connectivity index (χ1) is 9.79. The van der Waals surface area contributed by atoms with E-state index in [2.05, 4.69) is 10.6 Å². The Bertz CT molecular complexity index is 523. The molecule has 1 aromatic rings. The zero-order valence-electron chi connectivity index (χ0n) is 12.3. The largest absolute Gasteiger partial charge is 0.481 e. The molecule has 1 atom stereocenters. The maximum atomic E-state index is 12.3. The Labute approximate surface area is 123 Å². The van der Waals surface area contributed by atoms with Gasteiger partial charge in [-0.3, -0.25) is 14.4 Å². The molecule has 1 aromatic carbocycles. The van der Waals surface area contributed by atoms with Crippen molar-refractivity contribution >= 4 is 23.3 Å². The molecule has 0 bridgehead atoms. The van der Waals surface area contributed by atoms with E-state index in [1.54, 1.807) is 24.3 Å². The number of carbonyl (C=O) groups excluding carboxylic acids is 2. The summed E-state index contributed by atoms with van der Waals surface area (Å²) in [4.78, 5) is 34.1. The van der Waals surface area contributed by atoms with Gasteiger partial charge in [-0.25, -0.2) is 0 Å². The molecule has 21 heavy (non-hydrogen) atoms. The van der Waals surface area contributed by atoms with Gasteiger partial charge in [0.2, 0.25) is 5.91 Å². The van der Waals surface area contributed by atoms with Crippen LogP contribution in [0.4, 0.5) is 5.69 Å². The van der Waals surface area contributed by atoms with E-state index >= 15 is 0 Å². The van der Waals surface area contributed by atoms with Crippen LogP contribution in [0.3, 0.4) is 0 Å². The lowest BCUT2D eigenvalue weighted by Gasteiger charge is -2.18. The van der Waals surface area contributed by atoms with E-state index in [0.29, 0.717) is 11.3 Å². The lowest BCUT2D eigenvalue weighted by Crippen LogP contribution is -2.42. The monoisotopic (exact) mass is 292 g/mol. The number of carbonyl (C=O) groups is 3. The van der Waals surface area contributed by atoms with E-state index in [4.69, 9.17) is 5.11 Å². The Morgan fingerprint density at radius 1 is 1.14 bits per heavy atom. The van der Waals surface area contributed by atoms with Crippen LogP contribution in [0.15, 0.2) is 24.3 Å². The van der Waals surface area contributed by atoms with Crippen molar-refractivity contribution < 1.29 is 19.5 Å². The molecule has 0 saturated carbocycles. The highest BCUT2D eigenvalue weighted by atomic mass is 16.4. The third-order valence-corrected chi connectivity index (χ3v) is 2.72. The molecular formula is C15H20N2O4. The first-order valence-electron chi connectivity index (χ1n) is 6.69. The molecule has 0 radical (unpaired) electrons. The first kappa shape index (κ1) is 16.8. The fourth-order valence-corrected chi connectivity index (χ4v) is 1.93. The molecule has 0 aromatic heterocycles. The molecule has 0 aliphatic carbocycles. The van der Waals surface area contributed by atoms with E-state index in [0.717, 1.165) is 0 Å². The molecule has 1 rings (SSSR count). The number of ketones is 1. The summed E-state index contributed by atoms with van der Waals surface area (Å²) in [6.07, 6.45) is -0.273. The predicted molar refractivity (Wildman–Crippen MR) is 79.4 cm³/mol. The molecule has 0 aliphatic rings. The molecular weight excluding hydrogens is 272 g/mol. The zero-order chi connectivity index (χ0) is 16.0. The minimum Gasteiger partial charge on any atom is -0.481 e. The van der Waals surface area contributed by atoms with Gasteiger partial charge in [0, 0.05) is 24.2 Å². The Kier molecular flexibility index (Phi) is 6.05. The van der Waals surface area contributed by atoms with Gasteiger partial charge in [0.1, 0.15) is 0 Å². The molecule has 6 nitrogen and oxygen atoms in total. The second kappa shape index (κ2) is 7.54. The second-order valence-corrected chi connectivity index (χ2v) is 5.09. The highest BCUT2D eigenvalue weighted by Gasteiger charge is 2.23. The van der Waals surface area contributed by atoms with Crippen LogP contribution < -0.4 is 10.6 Å². The second-order valence-electron chi connectivity index (χ2n) is 5.09. The highest BCUT2D eigenvalue weighted by molar-refractivity contribution is 6.02. The number of rotatable bonds is 7. The average Bonchev–Trinajstić information content (AvgIpc) is 2.36. The van der Waals surface area contributed by atoms with Gasteiger partial charge in [-0.2, -0.15) is 0 Å². The number of carboxylic acids is 1. The summed E-state index contributed by atoms with van der Waals surface area (Å²) in [6, 6.07) is 5.60. The third-order valence-electron chi connectivity index (χ3n) is 2.72. The molecule has 114 valence electrons. The van der Waals surface area contributed by atoms with E-state index in [9.17, 15) is 14.4 Å². The summed E-state index contributed by atoms with van der Waals surface area (Å²) in [5.41, 5.74) is 0.995. The zero-order valence-corrected chi connectivity index (χ0v) is 12.3. The van der Waals surface area contributed by atoms with Crippen LogP contribution in [-0.4, -0.2) is 34.8 Å². The minimum atomic E-state index is -1.03. The molecule has 6 heteroatoms. The van der Waals surface area contributed by atoms with Gasteiger partial charge in [0.15, 0.2) is 5.78 Å². The van der Waals surface area contributed by atoms with Crippen LogP contribution in [0.5, 0.6) is 0 Å². The maximum absolute atomic E-state index is 12.3. The van der Waals surface area contributed by atoms with Crippen LogP contribution in [0.2, 0.25) is 0 Å². The summed E-state index contributed by atoms with van der Waals surface area (Å²) in [5, 5.41) is 14.5. The molecule has 0 fully saturated rings. The van der Waals surface area contributed by atoms with E-state index < -0.39 is 12.0 Å². The lowest BCUT2D eigenvalue weighted by atomic mass is 10.0. The van der Waals surface area contributed by atoms with Crippen molar-refractivity contribution in [3.63, 3.8) is 0 Å². The number of anilines is 1. The van der Waals surface area contributed by atoms with Crippen molar-refractivity contribution in [2.24, 2.45) is 0 Å². The number of benzene rings is 1. The van der Waals surface area contributed by atoms with Gasteiger partial charge in [0.25, 0.3) is 0 Å². The Morgan fingerprint density at radius 3 is 2.14 bits per heavy atom. The standard InChI is InChI=1S/C15H20N2O4/c1-9(2)16-13(8-14(19)20)15(21)11-4-6-12(7-5-11)17-10(3)18/h4-7,9,13,16H,8H2,1-3H3,(H,17,18)(H,19,20). The van der Waals surface area contributed by atoms with Crippen LogP contribution in [0, 0.1) is 0 Å². The first-order valence-corrected chi connectivity index (χ1v) is 6.69. The minimum absolute atomic E-state index is 0.00282. The summed E-state index contributed by atoms with van der Waals surface area (Å²) >= 11 is 0. The van der Waals surface area contributed by atoms with Crippen molar-refractivity contribution in [2.75, 3.05) is 5.32 Å².